The normalized spacial score (nSPS) is 13.9. The van der Waals surface area contributed by atoms with Gasteiger partial charge in [0.15, 0.2) is 0 Å². The molecule has 1 atom stereocenters. The quantitative estimate of drug-likeness (QED) is 0.798. The highest BCUT2D eigenvalue weighted by Gasteiger charge is 2.33. The Kier molecular flexibility index (Phi) is 4.94. The van der Waals surface area contributed by atoms with E-state index in [1.165, 1.54) is 16.7 Å². The van der Waals surface area contributed by atoms with Gasteiger partial charge in [0.25, 0.3) is 0 Å². The molecule has 105 valence electrons. The second kappa shape index (κ2) is 6.69. The van der Waals surface area contributed by atoms with Crippen molar-refractivity contribution in [1.82, 2.24) is 0 Å². The lowest BCUT2D eigenvalue weighted by molar-refractivity contribution is -0.0695. The number of hydrogen-bond acceptors (Lipinski definition) is 2. The SMILES string of the molecule is COCC(Cc1c[c]ccc1)(OC)c1ccccc1C. The maximum atomic E-state index is 5.91. The summed E-state index contributed by atoms with van der Waals surface area (Å²) in [6, 6.07) is 19.4. The number of rotatable bonds is 6. The summed E-state index contributed by atoms with van der Waals surface area (Å²) < 4.78 is 11.4. The molecular formula is C18H21O2. The maximum Gasteiger partial charge on any atom is 0.120 e. The van der Waals surface area contributed by atoms with Crippen LogP contribution in [0.4, 0.5) is 0 Å². The molecule has 20 heavy (non-hydrogen) atoms. The van der Waals surface area contributed by atoms with Crippen molar-refractivity contribution in [3.8, 4) is 0 Å². The van der Waals surface area contributed by atoms with Crippen molar-refractivity contribution in [2.45, 2.75) is 18.9 Å². The third kappa shape index (κ3) is 3.09. The Morgan fingerprint density at radius 1 is 1.10 bits per heavy atom. The number of ether oxygens (including phenoxy) is 2. The molecule has 0 fully saturated rings. The zero-order valence-corrected chi connectivity index (χ0v) is 12.3. The molecule has 2 nitrogen and oxygen atoms in total. The molecule has 0 spiro atoms. The predicted octanol–water partition coefficient (Wildman–Crippen LogP) is 3.53. The van der Waals surface area contributed by atoms with E-state index in [1.807, 2.05) is 30.3 Å². The maximum absolute atomic E-state index is 5.91. The molecule has 0 aliphatic carbocycles. The van der Waals surface area contributed by atoms with E-state index in [4.69, 9.17) is 9.47 Å². The minimum absolute atomic E-state index is 0.463. The van der Waals surface area contributed by atoms with Crippen LogP contribution in [0.1, 0.15) is 16.7 Å². The molecule has 0 saturated heterocycles. The van der Waals surface area contributed by atoms with Gasteiger partial charge in [-0.2, -0.15) is 0 Å². The minimum Gasteiger partial charge on any atom is -0.381 e. The summed E-state index contributed by atoms with van der Waals surface area (Å²) in [6.45, 7) is 2.62. The summed E-state index contributed by atoms with van der Waals surface area (Å²) in [7, 11) is 3.46. The van der Waals surface area contributed by atoms with E-state index in [-0.39, 0.29) is 0 Å². The molecule has 0 amide bonds. The van der Waals surface area contributed by atoms with Crippen LogP contribution < -0.4 is 0 Å². The summed E-state index contributed by atoms with van der Waals surface area (Å²) >= 11 is 0. The van der Waals surface area contributed by atoms with Crippen LogP contribution in [0.5, 0.6) is 0 Å². The minimum atomic E-state index is -0.463. The van der Waals surface area contributed by atoms with Gasteiger partial charge in [-0.15, -0.1) is 0 Å². The predicted molar refractivity (Wildman–Crippen MR) is 80.7 cm³/mol. The van der Waals surface area contributed by atoms with Crippen molar-refractivity contribution in [3.05, 3.63) is 71.3 Å². The molecule has 0 bridgehead atoms. The molecule has 0 aromatic heterocycles. The average molecular weight is 269 g/mol. The fraction of sp³-hybridized carbons (Fsp3) is 0.333. The summed E-state index contributed by atoms with van der Waals surface area (Å²) in [5.74, 6) is 0. The van der Waals surface area contributed by atoms with E-state index < -0.39 is 5.60 Å². The van der Waals surface area contributed by atoms with Crippen molar-refractivity contribution in [1.29, 1.82) is 0 Å². The third-order valence-corrected chi connectivity index (χ3v) is 3.67. The first-order valence-electron chi connectivity index (χ1n) is 6.77. The van der Waals surface area contributed by atoms with Crippen LogP contribution in [-0.2, 0) is 21.5 Å². The lowest BCUT2D eigenvalue weighted by Crippen LogP contribution is -2.37. The van der Waals surface area contributed by atoms with Gasteiger partial charge in [0.1, 0.15) is 5.60 Å². The highest BCUT2D eigenvalue weighted by Crippen LogP contribution is 2.32. The highest BCUT2D eigenvalue weighted by atomic mass is 16.5. The van der Waals surface area contributed by atoms with Crippen molar-refractivity contribution in [2.75, 3.05) is 20.8 Å². The van der Waals surface area contributed by atoms with Gasteiger partial charge in [-0.05, 0) is 29.7 Å². The zero-order chi connectivity index (χ0) is 14.4. The van der Waals surface area contributed by atoms with Gasteiger partial charge in [0.05, 0.1) is 6.61 Å². The summed E-state index contributed by atoms with van der Waals surface area (Å²) in [6.07, 6.45) is 0.763. The summed E-state index contributed by atoms with van der Waals surface area (Å²) in [5, 5.41) is 0. The van der Waals surface area contributed by atoms with Crippen LogP contribution in [-0.4, -0.2) is 20.8 Å². The number of methoxy groups -OCH3 is 2. The number of aryl methyl sites for hydroxylation is 1. The Morgan fingerprint density at radius 2 is 1.90 bits per heavy atom. The van der Waals surface area contributed by atoms with Crippen molar-refractivity contribution in [3.63, 3.8) is 0 Å². The van der Waals surface area contributed by atoms with Crippen LogP contribution >= 0.6 is 0 Å². The van der Waals surface area contributed by atoms with Gasteiger partial charge in [0, 0.05) is 20.6 Å². The summed E-state index contributed by atoms with van der Waals surface area (Å²) in [4.78, 5) is 0. The van der Waals surface area contributed by atoms with Gasteiger partial charge in [-0.1, -0.05) is 48.5 Å². The van der Waals surface area contributed by atoms with Crippen LogP contribution in [0.3, 0.4) is 0 Å². The molecule has 0 aliphatic heterocycles. The van der Waals surface area contributed by atoms with E-state index >= 15 is 0 Å². The van der Waals surface area contributed by atoms with Crippen molar-refractivity contribution >= 4 is 0 Å². The Balaban J connectivity index is 2.42. The Bertz CT molecular complexity index is 536. The number of hydrogen-bond donors (Lipinski definition) is 0. The molecule has 2 aromatic carbocycles. The van der Waals surface area contributed by atoms with Gasteiger partial charge in [0.2, 0.25) is 0 Å². The average Bonchev–Trinajstić information content (AvgIpc) is 2.48. The molecule has 0 aliphatic rings. The lowest BCUT2D eigenvalue weighted by Gasteiger charge is -2.34. The van der Waals surface area contributed by atoms with Crippen molar-refractivity contribution in [2.24, 2.45) is 0 Å². The molecule has 2 heteroatoms. The van der Waals surface area contributed by atoms with Gasteiger partial charge in [-0.3, -0.25) is 0 Å². The molecule has 0 N–H and O–H groups in total. The fourth-order valence-corrected chi connectivity index (χ4v) is 2.65. The first-order chi connectivity index (χ1) is 9.72. The topological polar surface area (TPSA) is 18.5 Å². The highest BCUT2D eigenvalue weighted by molar-refractivity contribution is 5.34. The standard InChI is InChI=1S/C18H21O2/c1-15-9-7-8-12-17(15)18(20-3,14-19-2)13-16-10-5-4-6-11-16/h4-5,7-12H,13-14H2,1-3H3. The zero-order valence-electron chi connectivity index (χ0n) is 12.3. The Labute approximate surface area is 121 Å². The molecule has 0 heterocycles. The third-order valence-electron chi connectivity index (χ3n) is 3.67. The Hall–Kier alpha value is -1.64. The summed E-state index contributed by atoms with van der Waals surface area (Å²) in [5.41, 5.74) is 3.11. The second-order valence-electron chi connectivity index (χ2n) is 5.03. The van der Waals surface area contributed by atoms with Crippen LogP contribution in [0.2, 0.25) is 0 Å². The van der Waals surface area contributed by atoms with Crippen LogP contribution in [0.15, 0.2) is 48.5 Å². The first-order valence-corrected chi connectivity index (χ1v) is 6.77. The van der Waals surface area contributed by atoms with E-state index in [1.54, 1.807) is 14.2 Å². The fourth-order valence-electron chi connectivity index (χ4n) is 2.65. The molecule has 1 unspecified atom stereocenters. The lowest BCUT2D eigenvalue weighted by atomic mass is 9.85. The Morgan fingerprint density at radius 3 is 2.50 bits per heavy atom. The monoisotopic (exact) mass is 269 g/mol. The van der Waals surface area contributed by atoms with E-state index in [9.17, 15) is 0 Å². The van der Waals surface area contributed by atoms with Crippen LogP contribution in [0.25, 0.3) is 0 Å². The van der Waals surface area contributed by atoms with Crippen LogP contribution in [0, 0.1) is 13.0 Å². The molecule has 1 radical (unpaired) electrons. The molecule has 2 aromatic rings. The second-order valence-corrected chi connectivity index (χ2v) is 5.03. The first kappa shape index (κ1) is 14.8. The largest absolute Gasteiger partial charge is 0.381 e. The molecular weight excluding hydrogens is 248 g/mol. The molecule has 0 saturated carbocycles. The van der Waals surface area contributed by atoms with Crippen molar-refractivity contribution < 1.29 is 9.47 Å². The van der Waals surface area contributed by atoms with Gasteiger partial charge < -0.3 is 9.47 Å². The van der Waals surface area contributed by atoms with E-state index in [2.05, 4.69) is 31.2 Å². The smallest absolute Gasteiger partial charge is 0.120 e. The van der Waals surface area contributed by atoms with Gasteiger partial charge >= 0.3 is 0 Å². The van der Waals surface area contributed by atoms with Gasteiger partial charge in [-0.25, -0.2) is 0 Å². The number of benzene rings is 2. The van der Waals surface area contributed by atoms with E-state index in [0.29, 0.717) is 6.61 Å². The molecule has 2 rings (SSSR count). The van der Waals surface area contributed by atoms with E-state index in [0.717, 1.165) is 6.42 Å².